The van der Waals surface area contributed by atoms with Crippen molar-refractivity contribution in [2.45, 2.75) is 32.4 Å². The fourth-order valence-corrected chi connectivity index (χ4v) is 1.60. The van der Waals surface area contributed by atoms with Crippen LogP contribution in [0.2, 0.25) is 0 Å². The van der Waals surface area contributed by atoms with Crippen LogP contribution in [0.4, 0.5) is 0 Å². The van der Waals surface area contributed by atoms with E-state index in [1.807, 2.05) is 38.1 Å². The summed E-state index contributed by atoms with van der Waals surface area (Å²) >= 11 is 0. The van der Waals surface area contributed by atoms with E-state index in [1.54, 1.807) is 0 Å². The number of aliphatic hydroxyl groups is 1. The highest BCUT2D eigenvalue weighted by Crippen LogP contribution is 2.28. The second-order valence-corrected chi connectivity index (χ2v) is 3.00. The van der Waals surface area contributed by atoms with E-state index in [4.69, 9.17) is 5.73 Å². The Morgan fingerprint density at radius 3 is 2.54 bits per heavy atom. The van der Waals surface area contributed by atoms with Crippen molar-refractivity contribution in [3.8, 4) is 0 Å². The third-order valence-corrected chi connectivity index (χ3v) is 2.26. The van der Waals surface area contributed by atoms with E-state index in [-0.39, 0.29) is 12.1 Å². The van der Waals surface area contributed by atoms with E-state index in [0.717, 1.165) is 5.56 Å². The molecule has 13 heavy (non-hydrogen) atoms. The van der Waals surface area contributed by atoms with Gasteiger partial charge in [0.2, 0.25) is 0 Å². The van der Waals surface area contributed by atoms with Crippen LogP contribution in [0.1, 0.15) is 31.0 Å². The predicted octanol–water partition coefficient (Wildman–Crippen LogP) is 1.63. The highest BCUT2D eigenvalue weighted by Gasteiger charge is 2.26. The minimum absolute atomic E-state index is 0.175. The minimum Gasteiger partial charge on any atom is -0.391 e. The summed E-state index contributed by atoms with van der Waals surface area (Å²) in [7, 11) is 0. The molecule has 0 aromatic heterocycles. The zero-order valence-electron chi connectivity index (χ0n) is 8.20. The summed E-state index contributed by atoms with van der Waals surface area (Å²) in [6.45, 7) is 4.00. The molecular weight excluding hydrogens is 162 g/mol. The van der Waals surface area contributed by atoms with Gasteiger partial charge in [-0.3, -0.25) is 0 Å². The molecule has 0 saturated heterocycles. The average molecular weight is 179 g/mol. The third kappa shape index (κ3) is 1.90. The lowest BCUT2D eigenvalue weighted by Gasteiger charge is -2.07. The standard InChI is InChI=1S/C9H11NO.C2H6/c10-9-7-4-2-1-3-6(7)5-8(9)11;1-2/h1-4,8-9,11H,5,10H2;1-2H3. The van der Waals surface area contributed by atoms with Gasteiger partial charge in [-0.1, -0.05) is 38.1 Å². The van der Waals surface area contributed by atoms with Crippen molar-refractivity contribution in [3.05, 3.63) is 35.4 Å². The van der Waals surface area contributed by atoms with Gasteiger partial charge in [-0.15, -0.1) is 0 Å². The molecule has 2 rings (SSSR count). The van der Waals surface area contributed by atoms with Crippen LogP contribution < -0.4 is 5.73 Å². The molecule has 72 valence electrons. The molecule has 0 amide bonds. The Hall–Kier alpha value is -0.860. The molecule has 1 aromatic carbocycles. The molecule has 0 radical (unpaired) electrons. The van der Waals surface area contributed by atoms with Crippen LogP contribution in [0.15, 0.2) is 24.3 Å². The number of nitrogens with two attached hydrogens (primary N) is 1. The Morgan fingerprint density at radius 2 is 1.92 bits per heavy atom. The first-order valence-corrected chi connectivity index (χ1v) is 4.80. The zero-order chi connectivity index (χ0) is 9.84. The second-order valence-electron chi connectivity index (χ2n) is 3.00. The van der Waals surface area contributed by atoms with Crippen molar-refractivity contribution in [1.29, 1.82) is 0 Å². The van der Waals surface area contributed by atoms with Gasteiger partial charge in [-0.05, 0) is 11.1 Å². The first-order chi connectivity index (χ1) is 6.29. The SMILES string of the molecule is CC.NC1c2ccccc2CC1O. The van der Waals surface area contributed by atoms with Gasteiger partial charge in [-0.25, -0.2) is 0 Å². The van der Waals surface area contributed by atoms with E-state index >= 15 is 0 Å². The molecule has 1 aromatic rings. The van der Waals surface area contributed by atoms with Crippen molar-refractivity contribution in [1.82, 2.24) is 0 Å². The van der Waals surface area contributed by atoms with Gasteiger partial charge in [0.05, 0.1) is 12.1 Å². The summed E-state index contributed by atoms with van der Waals surface area (Å²) in [6, 6.07) is 7.76. The minimum atomic E-state index is -0.382. The lowest BCUT2D eigenvalue weighted by atomic mass is 10.1. The number of fused-ring (bicyclic) bond motifs is 1. The van der Waals surface area contributed by atoms with Crippen LogP contribution >= 0.6 is 0 Å². The highest BCUT2D eigenvalue weighted by atomic mass is 16.3. The molecule has 0 bridgehead atoms. The lowest BCUT2D eigenvalue weighted by molar-refractivity contribution is 0.158. The Labute approximate surface area is 79.4 Å². The summed E-state index contributed by atoms with van der Waals surface area (Å²) in [5.74, 6) is 0. The molecule has 0 aliphatic heterocycles. The number of hydrogen-bond donors (Lipinski definition) is 2. The van der Waals surface area contributed by atoms with Crippen molar-refractivity contribution in [3.63, 3.8) is 0 Å². The van der Waals surface area contributed by atoms with Gasteiger partial charge >= 0.3 is 0 Å². The summed E-state index contributed by atoms with van der Waals surface area (Å²) in [5.41, 5.74) is 8.02. The van der Waals surface area contributed by atoms with Gasteiger partial charge in [0, 0.05) is 6.42 Å². The van der Waals surface area contributed by atoms with E-state index in [2.05, 4.69) is 0 Å². The predicted molar refractivity (Wildman–Crippen MR) is 54.4 cm³/mol. The maximum absolute atomic E-state index is 9.39. The van der Waals surface area contributed by atoms with Crippen LogP contribution in [0.25, 0.3) is 0 Å². The van der Waals surface area contributed by atoms with Crippen LogP contribution in [0, 0.1) is 0 Å². The molecule has 0 fully saturated rings. The smallest absolute Gasteiger partial charge is 0.0773 e. The molecule has 2 unspecified atom stereocenters. The fourth-order valence-electron chi connectivity index (χ4n) is 1.60. The third-order valence-electron chi connectivity index (χ3n) is 2.26. The molecule has 2 nitrogen and oxygen atoms in total. The van der Waals surface area contributed by atoms with Crippen molar-refractivity contribution >= 4 is 0 Å². The van der Waals surface area contributed by atoms with Crippen molar-refractivity contribution < 1.29 is 5.11 Å². The summed E-state index contributed by atoms with van der Waals surface area (Å²) < 4.78 is 0. The van der Waals surface area contributed by atoms with Gasteiger partial charge in [0.25, 0.3) is 0 Å². The summed E-state index contributed by atoms with van der Waals surface area (Å²) in [6.07, 6.45) is 0.324. The largest absolute Gasteiger partial charge is 0.391 e. The number of benzene rings is 1. The molecule has 2 atom stereocenters. The molecule has 3 N–H and O–H groups in total. The van der Waals surface area contributed by atoms with E-state index in [0.29, 0.717) is 6.42 Å². The topological polar surface area (TPSA) is 46.2 Å². The maximum Gasteiger partial charge on any atom is 0.0773 e. The Morgan fingerprint density at radius 1 is 1.31 bits per heavy atom. The Balaban J connectivity index is 0.000000396. The molecule has 0 saturated carbocycles. The van der Waals surface area contributed by atoms with Gasteiger partial charge in [-0.2, -0.15) is 0 Å². The van der Waals surface area contributed by atoms with Crippen LogP contribution in [0.5, 0.6) is 0 Å². The summed E-state index contributed by atoms with van der Waals surface area (Å²) in [4.78, 5) is 0. The van der Waals surface area contributed by atoms with Gasteiger partial charge in [0.15, 0.2) is 0 Å². The quantitative estimate of drug-likeness (QED) is 0.636. The zero-order valence-corrected chi connectivity index (χ0v) is 8.20. The fraction of sp³-hybridized carbons (Fsp3) is 0.455. The molecule has 0 spiro atoms. The molecule has 1 aliphatic carbocycles. The number of rotatable bonds is 0. The maximum atomic E-state index is 9.39. The number of hydrogen-bond acceptors (Lipinski definition) is 2. The van der Waals surface area contributed by atoms with Crippen molar-refractivity contribution in [2.75, 3.05) is 0 Å². The molecule has 1 aliphatic rings. The van der Waals surface area contributed by atoms with E-state index in [1.165, 1.54) is 5.56 Å². The normalized spacial score (nSPS) is 24.6. The summed E-state index contributed by atoms with van der Waals surface area (Å²) in [5, 5.41) is 9.39. The first-order valence-electron chi connectivity index (χ1n) is 4.80. The molecule has 0 heterocycles. The first kappa shape index (κ1) is 10.2. The molecular formula is C11H17NO. The van der Waals surface area contributed by atoms with Gasteiger partial charge in [0.1, 0.15) is 0 Å². The van der Waals surface area contributed by atoms with Crippen LogP contribution in [-0.4, -0.2) is 11.2 Å². The van der Waals surface area contributed by atoms with E-state index in [9.17, 15) is 5.11 Å². The molecule has 2 heteroatoms. The lowest BCUT2D eigenvalue weighted by Crippen LogP contribution is -2.21. The highest BCUT2D eigenvalue weighted by molar-refractivity contribution is 5.35. The Bertz CT molecular complexity index is 273. The van der Waals surface area contributed by atoms with E-state index < -0.39 is 0 Å². The second kappa shape index (κ2) is 4.40. The average Bonchev–Trinajstić information content (AvgIpc) is 2.47. The Kier molecular flexibility index (Phi) is 3.46. The monoisotopic (exact) mass is 179 g/mol. The number of aliphatic hydroxyl groups excluding tert-OH is 1. The van der Waals surface area contributed by atoms with Gasteiger partial charge < -0.3 is 10.8 Å². The van der Waals surface area contributed by atoms with Crippen molar-refractivity contribution in [2.24, 2.45) is 5.73 Å². The van der Waals surface area contributed by atoms with Crippen LogP contribution in [0.3, 0.4) is 0 Å². The van der Waals surface area contributed by atoms with Crippen LogP contribution in [-0.2, 0) is 6.42 Å².